The Morgan fingerprint density at radius 1 is 1.07 bits per heavy atom. The van der Waals surface area contributed by atoms with Gasteiger partial charge in [-0.1, -0.05) is 41.9 Å². The summed E-state index contributed by atoms with van der Waals surface area (Å²) in [4.78, 5) is 31.9. The Hall–Kier alpha value is -3.70. The number of H-pyrrole nitrogens is 1. The van der Waals surface area contributed by atoms with Crippen LogP contribution in [0.3, 0.4) is 0 Å². The number of carbonyl (C=O) groups is 1. The first-order valence-electron chi connectivity index (χ1n) is 8.91. The molecule has 0 unspecified atom stereocenters. The molecular weight excluding hydrogens is 386 g/mol. The topological polar surface area (TPSA) is 67.8 Å². The van der Waals surface area contributed by atoms with Gasteiger partial charge in [0.15, 0.2) is 5.78 Å². The van der Waals surface area contributed by atoms with E-state index in [2.05, 4.69) is 9.97 Å². The smallest absolute Gasteiger partial charge is 0.305 e. The molecule has 2 aromatic heterocycles. The van der Waals surface area contributed by atoms with Gasteiger partial charge in [0.05, 0.1) is 11.4 Å². The number of rotatable bonds is 5. The fraction of sp³-hybridized carbons (Fsp3) is 0. The van der Waals surface area contributed by atoms with Gasteiger partial charge in [0, 0.05) is 34.7 Å². The molecule has 0 fully saturated rings. The van der Waals surface area contributed by atoms with Gasteiger partial charge in [-0.2, -0.15) is 0 Å². The van der Waals surface area contributed by atoms with Gasteiger partial charge in [0.25, 0.3) is 0 Å². The average molecular weight is 402 g/mol. The maximum absolute atomic E-state index is 12.6. The molecule has 0 saturated carbocycles. The Morgan fingerprint density at radius 2 is 1.90 bits per heavy atom. The highest BCUT2D eigenvalue weighted by molar-refractivity contribution is 6.30. The molecule has 142 valence electrons. The predicted octanol–water partition coefficient (Wildman–Crippen LogP) is 4.78. The molecule has 6 heteroatoms. The lowest BCUT2D eigenvalue weighted by Gasteiger charge is -2.03. The molecule has 4 aromatic rings. The van der Waals surface area contributed by atoms with Gasteiger partial charge in [0.2, 0.25) is 0 Å². The van der Waals surface area contributed by atoms with Crippen molar-refractivity contribution in [1.29, 1.82) is 0 Å². The maximum Gasteiger partial charge on any atom is 0.330 e. The standard InChI is InChI=1S/C23H16ClN3O2/c24-19-9-6-16(7-10-19)8-11-22(28)17-3-1-5-20(13-17)27-15-21(26-23(27)29)18-4-2-12-25-14-18/h1-15H,(H,26,29). The Kier molecular flexibility index (Phi) is 5.22. The van der Waals surface area contributed by atoms with Crippen LogP contribution in [0.25, 0.3) is 23.0 Å². The molecule has 4 rings (SSSR count). The number of carbonyl (C=O) groups excluding carboxylic acids is 1. The summed E-state index contributed by atoms with van der Waals surface area (Å²) >= 11 is 5.87. The minimum atomic E-state index is -0.287. The first kappa shape index (κ1) is 18.7. The number of pyridine rings is 1. The lowest BCUT2D eigenvalue weighted by molar-refractivity contribution is 0.104. The molecule has 0 aliphatic rings. The number of aromatic nitrogens is 3. The van der Waals surface area contributed by atoms with Gasteiger partial charge in [-0.25, -0.2) is 4.79 Å². The van der Waals surface area contributed by atoms with Crippen LogP contribution in [-0.2, 0) is 0 Å². The van der Waals surface area contributed by atoms with E-state index < -0.39 is 0 Å². The molecule has 0 spiro atoms. The number of ketones is 1. The van der Waals surface area contributed by atoms with Gasteiger partial charge in [-0.05, 0) is 48.0 Å². The van der Waals surface area contributed by atoms with Gasteiger partial charge in [0.1, 0.15) is 0 Å². The number of allylic oxidation sites excluding steroid dienone is 1. The molecule has 29 heavy (non-hydrogen) atoms. The summed E-state index contributed by atoms with van der Waals surface area (Å²) in [5, 5.41) is 0.642. The summed E-state index contributed by atoms with van der Waals surface area (Å²) < 4.78 is 1.47. The normalized spacial score (nSPS) is 11.1. The number of imidazole rings is 1. The van der Waals surface area contributed by atoms with Gasteiger partial charge >= 0.3 is 5.69 Å². The van der Waals surface area contributed by atoms with Crippen LogP contribution in [0, 0.1) is 0 Å². The molecule has 0 amide bonds. The molecule has 1 N–H and O–H groups in total. The monoisotopic (exact) mass is 401 g/mol. The number of nitrogens with zero attached hydrogens (tertiary/aromatic N) is 2. The molecule has 0 aliphatic heterocycles. The van der Waals surface area contributed by atoms with Crippen LogP contribution in [0.4, 0.5) is 0 Å². The third kappa shape index (κ3) is 4.25. The van der Waals surface area contributed by atoms with Crippen molar-refractivity contribution in [2.75, 3.05) is 0 Å². The van der Waals surface area contributed by atoms with Crippen LogP contribution >= 0.6 is 11.6 Å². The minimum absolute atomic E-state index is 0.155. The highest BCUT2D eigenvalue weighted by atomic mass is 35.5. The number of benzene rings is 2. The second-order valence-electron chi connectivity index (χ2n) is 6.38. The molecule has 0 atom stereocenters. The van der Waals surface area contributed by atoms with Crippen molar-refractivity contribution in [2.24, 2.45) is 0 Å². The molecule has 2 aromatic carbocycles. The number of hydrogen-bond donors (Lipinski definition) is 1. The highest BCUT2D eigenvalue weighted by Crippen LogP contribution is 2.17. The number of aromatic amines is 1. The van der Waals surface area contributed by atoms with Crippen LogP contribution < -0.4 is 5.69 Å². The summed E-state index contributed by atoms with van der Waals surface area (Å²) in [5.41, 5.74) is 3.15. The van der Waals surface area contributed by atoms with Gasteiger partial charge < -0.3 is 4.98 Å². The minimum Gasteiger partial charge on any atom is -0.305 e. The first-order valence-corrected chi connectivity index (χ1v) is 9.28. The van der Waals surface area contributed by atoms with Crippen molar-refractivity contribution in [2.45, 2.75) is 0 Å². The van der Waals surface area contributed by atoms with Crippen LogP contribution in [-0.4, -0.2) is 20.3 Å². The molecule has 0 radical (unpaired) electrons. The van der Waals surface area contributed by atoms with Crippen molar-refractivity contribution in [3.63, 3.8) is 0 Å². The predicted molar refractivity (Wildman–Crippen MR) is 114 cm³/mol. The summed E-state index contributed by atoms with van der Waals surface area (Å²) in [6.07, 6.45) is 8.28. The van der Waals surface area contributed by atoms with E-state index >= 15 is 0 Å². The molecule has 5 nitrogen and oxygen atoms in total. The van der Waals surface area contributed by atoms with Crippen LogP contribution in [0.15, 0.2) is 90.1 Å². The second-order valence-corrected chi connectivity index (χ2v) is 6.82. The molecule has 0 bridgehead atoms. The van der Waals surface area contributed by atoms with E-state index in [0.717, 1.165) is 11.1 Å². The second kappa shape index (κ2) is 8.12. The van der Waals surface area contributed by atoms with Crippen LogP contribution in [0.1, 0.15) is 15.9 Å². The number of nitrogens with one attached hydrogen (secondary N) is 1. The third-order valence-corrected chi connectivity index (χ3v) is 4.65. The maximum atomic E-state index is 12.6. The largest absolute Gasteiger partial charge is 0.330 e. The Labute approximate surface area is 171 Å². The van der Waals surface area contributed by atoms with Crippen molar-refractivity contribution in [3.8, 4) is 16.9 Å². The fourth-order valence-electron chi connectivity index (χ4n) is 2.91. The summed E-state index contributed by atoms with van der Waals surface area (Å²) in [5.74, 6) is -0.155. The van der Waals surface area contributed by atoms with Gasteiger partial charge in [-0.3, -0.25) is 14.3 Å². The van der Waals surface area contributed by atoms with Crippen LogP contribution in [0.5, 0.6) is 0 Å². The fourth-order valence-corrected chi connectivity index (χ4v) is 3.03. The summed E-state index contributed by atoms with van der Waals surface area (Å²) in [6.45, 7) is 0. The summed E-state index contributed by atoms with van der Waals surface area (Å²) in [6, 6.07) is 17.8. The number of halogens is 1. The molecular formula is C23H16ClN3O2. The van der Waals surface area contributed by atoms with E-state index in [1.165, 1.54) is 10.6 Å². The third-order valence-electron chi connectivity index (χ3n) is 4.40. The molecule has 2 heterocycles. The zero-order valence-electron chi connectivity index (χ0n) is 15.2. The van der Waals surface area contributed by atoms with E-state index in [9.17, 15) is 9.59 Å². The molecule has 0 aliphatic carbocycles. The average Bonchev–Trinajstić information content (AvgIpc) is 3.15. The quantitative estimate of drug-likeness (QED) is 0.386. The highest BCUT2D eigenvalue weighted by Gasteiger charge is 2.09. The summed E-state index contributed by atoms with van der Waals surface area (Å²) in [7, 11) is 0. The van der Waals surface area contributed by atoms with E-state index in [-0.39, 0.29) is 11.5 Å². The van der Waals surface area contributed by atoms with Crippen molar-refractivity contribution >= 4 is 23.5 Å². The van der Waals surface area contributed by atoms with E-state index in [0.29, 0.717) is 22.0 Å². The SMILES string of the molecule is O=C(C=Cc1ccc(Cl)cc1)c1cccc(-n2cc(-c3cccnc3)[nH]c2=O)c1. The van der Waals surface area contributed by atoms with E-state index in [1.54, 1.807) is 67.1 Å². The molecule has 0 saturated heterocycles. The first-order chi connectivity index (χ1) is 14.1. The Bertz CT molecular complexity index is 1240. The lowest BCUT2D eigenvalue weighted by Crippen LogP contribution is -2.14. The Balaban J connectivity index is 1.61. The van der Waals surface area contributed by atoms with Gasteiger partial charge in [-0.15, -0.1) is 0 Å². The lowest BCUT2D eigenvalue weighted by atomic mass is 10.1. The van der Waals surface area contributed by atoms with Crippen LogP contribution in [0.2, 0.25) is 5.02 Å². The number of hydrogen-bond acceptors (Lipinski definition) is 3. The van der Waals surface area contributed by atoms with Crippen molar-refractivity contribution < 1.29 is 4.79 Å². The zero-order chi connectivity index (χ0) is 20.2. The van der Waals surface area contributed by atoms with Crippen molar-refractivity contribution in [1.82, 2.24) is 14.5 Å². The van der Waals surface area contributed by atoms with E-state index in [4.69, 9.17) is 11.6 Å². The van der Waals surface area contributed by atoms with E-state index in [1.807, 2.05) is 18.2 Å². The Morgan fingerprint density at radius 3 is 2.66 bits per heavy atom. The zero-order valence-corrected chi connectivity index (χ0v) is 16.0. The van der Waals surface area contributed by atoms with Crippen molar-refractivity contribution in [3.05, 3.63) is 112 Å².